The lowest BCUT2D eigenvalue weighted by molar-refractivity contribution is -0.136. The van der Waals surface area contributed by atoms with Gasteiger partial charge in [-0.3, -0.25) is 14.6 Å². The van der Waals surface area contributed by atoms with Crippen LogP contribution in [0.5, 0.6) is 0 Å². The lowest BCUT2D eigenvalue weighted by Gasteiger charge is -2.27. The summed E-state index contributed by atoms with van der Waals surface area (Å²) in [6, 6.07) is 3.44. The van der Waals surface area contributed by atoms with Crippen molar-refractivity contribution in [1.82, 2.24) is 29.3 Å². The fourth-order valence-electron chi connectivity index (χ4n) is 4.89. The molecule has 0 saturated carbocycles. The molecule has 2 saturated heterocycles. The Hall–Kier alpha value is -3.07. The van der Waals surface area contributed by atoms with Crippen LogP contribution >= 0.6 is 11.3 Å². The molecule has 2 aliphatic heterocycles. The second-order valence-corrected chi connectivity index (χ2v) is 9.49. The zero-order valence-corrected chi connectivity index (χ0v) is 18.4. The maximum atomic E-state index is 13.8. The maximum Gasteiger partial charge on any atom is 0.254 e. The number of pyridine rings is 1. The summed E-state index contributed by atoms with van der Waals surface area (Å²) in [6.07, 6.45) is 7.66. The van der Waals surface area contributed by atoms with E-state index < -0.39 is 5.41 Å². The van der Waals surface area contributed by atoms with E-state index in [0.29, 0.717) is 38.2 Å². The van der Waals surface area contributed by atoms with E-state index in [4.69, 9.17) is 0 Å². The number of hydrogen-bond donors (Lipinski definition) is 0. The Kier molecular flexibility index (Phi) is 4.85. The number of aromatic nitrogens is 4. The van der Waals surface area contributed by atoms with Gasteiger partial charge < -0.3 is 14.4 Å². The van der Waals surface area contributed by atoms with Crippen LogP contribution in [0.4, 0.5) is 0 Å². The summed E-state index contributed by atoms with van der Waals surface area (Å²) in [6.45, 7) is 4.03. The van der Waals surface area contributed by atoms with Gasteiger partial charge >= 0.3 is 0 Å². The van der Waals surface area contributed by atoms with Crippen LogP contribution in [0.3, 0.4) is 0 Å². The smallest absolute Gasteiger partial charge is 0.254 e. The van der Waals surface area contributed by atoms with Gasteiger partial charge in [0.2, 0.25) is 5.91 Å². The van der Waals surface area contributed by atoms with Crippen LogP contribution in [0, 0.1) is 12.3 Å². The first-order valence-corrected chi connectivity index (χ1v) is 11.2. The summed E-state index contributed by atoms with van der Waals surface area (Å²) >= 11 is 1.60. The second kappa shape index (κ2) is 7.56. The molecule has 0 aromatic carbocycles. The summed E-state index contributed by atoms with van der Waals surface area (Å²) < 4.78 is 1.89. The number of likely N-dealkylation sites (tertiary alicyclic amines) is 2. The van der Waals surface area contributed by atoms with E-state index in [9.17, 15) is 9.59 Å². The van der Waals surface area contributed by atoms with Crippen LogP contribution < -0.4 is 0 Å². The molecule has 0 radical (unpaired) electrons. The third kappa shape index (κ3) is 3.42. The number of rotatable bonds is 4. The van der Waals surface area contributed by atoms with Gasteiger partial charge in [-0.25, -0.2) is 9.97 Å². The molecule has 2 aliphatic rings. The van der Waals surface area contributed by atoms with Gasteiger partial charge in [-0.1, -0.05) is 0 Å². The third-order valence-corrected chi connectivity index (χ3v) is 7.22. The van der Waals surface area contributed by atoms with Crippen LogP contribution in [0.15, 0.2) is 42.4 Å². The molecule has 160 valence electrons. The van der Waals surface area contributed by atoms with Gasteiger partial charge in [-0.15, -0.1) is 11.3 Å². The Morgan fingerprint density at radius 1 is 1.32 bits per heavy atom. The van der Waals surface area contributed by atoms with E-state index in [1.165, 1.54) is 0 Å². The standard InChI is InChI=1S/C22H24N6O2S/c1-15-25-17(12-31-15)9-27-8-5-22(21(27)30)13-28(20(29)16-3-6-23-7-4-16)10-18(22)19-11-26(2)14-24-19/h3-4,6-7,11-12,14,18H,5,8-10,13H2,1-2H3/t18-,22+/m0/s1. The minimum atomic E-state index is -0.651. The van der Waals surface area contributed by atoms with Gasteiger partial charge in [-0.2, -0.15) is 0 Å². The van der Waals surface area contributed by atoms with Crippen molar-refractivity contribution in [3.8, 4) is 0 Å². The number of amides is 2. The molecule has 1 spiro atoms. The fraction of sp³-hybridized carbons (Fsp3) is 0.409. The SMILES string of the molecule is Cc1nc(CN2CC[C@]3(CN(C(=O)c4ccncc4)C[C@H]3c3cn(C)cn3)C2=O)cs1. The molecule has 3 aromatic rings. The van der Waals surface area contributed by atoms with Gasteiger partial charge in [0, 0.05) is 62.1 Å². The van der Waals surface area contributed by atoms with E-state index in [2.05, 4.69) is 15.0 Å². The highest BCUT2D eigenvalue weighted by molar-refractivity contribution is 7.09. The van der Waals surface area contributed by atoms with E-state index in [1.54, 1.807) is 42.2 Å². The molecule has 0 aliphatic carbocycles. The molecule has 2 fully saturated rings. The molecule has 0 unspecified atom stereocenters. The molecule has 3 aromatic heterocycles. The average molecular weight is 437 g/mol. The van der Waals surface area contributed by atoms with Crippen molar-refractivity contribution < 1.29 is 9.59 Å². The number of nitrogens with zero attached hydrogens (tertiary/aromatic N) is 6. The number of hydrogen-bond acceptors (Lipinski definition) is 6. The zero-order valence-electron chi connectivity index (χ0n) is 17.6. The first kappa shape index (κ1) is 19.9. The highest BCUT2D eigenvalue weighted by atomic mass is 32.1. The van der Waals surface area contributed by atoms with E-state index >= 15 is 0 Å². The summed E-state index contributed by atoms with van der Waals surface area (Å²) in [5.41, 5.74) is 1.73. The minimum Gasteiger partial charge on any atom is -0.340 e. The van der Waals surface area contributed by atoms with Crippen LogP contribution in [0.1, 0.15) is 39.1 Å². The average Bonchev–Trinajstić information content (AvgIpc) is 3.54. The van der Waals surface area contributed by atoms with Crippen molar-refractivity contribution in [2.45, 2.75) is 25.8 Å². The van der Waals surface area contributed by atoms with Gasteiger partial charge in [0.05, 0.1) is 34.7 Å². The quantitative estimate of drug-likeness (QED) is 0.626. The van der Waals surface area contributed by atoms with Gasteiger partial charge in [0.25, 0.3) is 5.91 Å². The molecule has 2 amide bonds. The van der Waals surface area contributed by atoms with Crippen LogP contribution in [0.2, 0.25) is 0 Å². The van der Waals surface area contributed by atoms with Gasteiger partial charge in [0.1, 0.15) is 0 Å². The Balaban J connectivity index is 1.45. The second-order valence-electron chi connectivity index (χ2n) is 8.43. The van der Waals surface area contributed by atoms with Crippen molar-refractivity contribution >= 4 is 23.2 Å². The molecular weight excluding hydrogens is 412 g/mol. The number of thiazole rings is 1. The van der Waals surface area contributed by atoms with E-state index in [0.717, 1.165) is 16.4 Å². The highest BCUT2D eigenvalue weighted by Gasteiger charge is 2.58. The predicted molar refractivity (Wildman–Crippen MR) is 115 cm³/mol. The normalized spacial score (nSPS) is 23.3. The lowest BCUT2D eigenvalue weighted by Crippen LogP contribution is -2.40. The summed E-state index contributed by atoms with van der Waals surface area (Å²) in [4.78, 5) is 43.7. The Morgan fingerprint density at radius 3 is 2.81 bits per heavy atom. The largest absolute Gasteiger partial charge is 0.340 e. The number of carbonyl (C=O) groups is 2. The van der Waals surface area contributed by atoms with Gasteiger partial charge in [0.15, 0.2) is 0 Å². The Labute approximate surface area is 184 Å². The summed E-state index contributed by atoms with van der Waals surface area (Å²) in [5, 5.41) is 3.01. The fourth-order valence-corrected chi connectivity index (χ4v) is 5.49. The summed E-state index contributed by atoms with van der Waals surface area (Å²) in [5.74, 6) is -0.102. The lowest BCUT2D eigenvalue weighted by atomic mass is 9.75. The van der Waals surface area contributed by atoms with Gasteiger partial charge in [-0.05, 0) is 25.5 Å². The van der Waals surface area contributed by atoms with Crippen LogP contribution in [0.25, 0.3) is 0 Å². The molecule has 0 bridgehead atoms. The summed E-state index contributed by atoms with van der Waals surface area (Å²) in [7, 11) is 1.92. The number of imidazole rings is 1. The zero-order chi connectivity index (χ0) is 21.6. The molecule has 5 heterocycles. The van der Waals surface area contributed by atoms with Crippen LogP contribution in [-0.2, 0) is 18.4 Å². The van der Waals surface area contributed by atoms with Crippen LogP contribution in [-0.4, -0.2) is 60.8 Å². The minimum absolute atomic E-state index is 0.0680. The molecule has 5 rings (SSSR count). The van der Waals surface area contributed by atoms with Crippen molar-refractivity contribution in [2.75, 3.05) is 19.6 Å². The number of carbonyl (C=O) groups excluding carboxylic acids is 2. The predicted octanol–water partition coefficient (Wildman–Crippen LogP) is 2.24. The van der Waals surface area contributed by atoms with Crippen molar-refractivity contribution in [1.29, 1.82) is 0 Å². The molecule has 2 atom stereocenters. The first-order chi connectivity index (χ1) is 15.0. The molecule has 9 heteroatoms. The number of aryl methyl sites for hydroxylation is 2. The van der Waals surface area contributed by atoms with Crippen molar-refractivity contribution in [3.63, 3.8) is 0 Å². The molecule has 0 N–H and O–H groups in total. The molecule has 31 heavy (non-hydrogen) atoms. The molecule has 8 nitrogen and oxygen atoms in total. The maximum absolute atomic E-state index is 13.8. The van der Waals surface area contributed by atoms with E-state index in [-0.39, 0.29) is 17.7 Å². The molecular formula is C22H24N6O2S. The highest BCUT2D eigenvalue weighted by Crippen LogP contribution is 2.50. The topological polar surface area (TPSA) is 84.2 Å². The van der Waals surface area contributed by atoms with E-state index in [1.807, 2.05) is 39.9 Å². The van der Waals surface area contributed by atoms with Crippen molar-refractivity contribution in [2.24, 2.45) is 12.5 Å². The monoisotopic (exact) mass is 436 g/mol. The van der Waals surface area contributed by atoms with Crippen molar-refractivity contribution in [3.05, 3.63) is 64.4 Å². The first-order valence-electron chi connectivity index (χ1n) is 10.3. The Bertz CT molecular complexity index is 1130. The Morgan fingerprint density at radius 2 is 2.13 bits per heavy atom. The third-order valence-electron chi connectivity index (χ3n) is 6.40.